The first-order chi connectivity index (χ1) is 6.79. The van der Waals surface area contributed by atoms with E-state index in [1.807, 2.05) is 6.92 Å². The minimum Gasteiger partial charge on any atom is -0.376 e. The molecule has 0 spiro atoms. The molecule has 1 unspecified atom stereocenters. The zero-order valence-corrected chi connectivity index (χ0v) is 9.96. The van der Waals surface area contributed by atoms with Crippen LogP contribution in [0.3, 0.4) is 0 Å². The molecule has 1 atom stereocenters. The summed E-state index contributed by atoms with van der Waals surface area (Å²) in [5, 5.41) is 0.792. The fourth-order valence-electron chi connectivity index (χ4n) is 1.36. The second kappa shape index (κ2) is 6.37. The van der Waals surface area contributed by atoms with Crippen molar-refractivity contribution in [1.82, 2.24) is 4.90 Å². The molecule has 0 saturated carbocycles. The van der Waals surface area contributed by atoms with Crippen molar-refractivity contribution in [2.24, 2.45) is 0 Å². The Hall–Kier alpha value is -0.130. The largest absolute Gasteiger partial charge is 0.376 e. The number of carbonyl (C=O) groups excluding carboxylic acids is 1. The van der Waals surface area contributed by atoms with Crippen molar-refractivity contribution in [3.8, 4) is 0 Å². The standard InChI is InChI=1S/C9H16BrNO3/c1-2-11(4-3-10)9(12)8-7-13-5-6-14-8/h8H,2-7H2,1H3. The predicted molar refractivity (Wildman–Crippen MR) is 56.6 cm³/mol. The molecule has 0 aromatic carbocycles. The molecular formula is C9H16BrNO3. The molecule has 0 N–H and O–H groups in total. The SMILES string of the molecule is CCN(CCBr)C(=O)C1COCCO1. The number of ether oxygens (including phenoxy) is 2. The summed E-state index contributed by atoms with van der Waals surface area (Å²) in [6, 6.07) is 0. The average molecular weight is 266 g/mol. The number of hydrogen-bond acceptors (Lipinski definition) is 3. The molecule has 82 valence electrons. The summed E-state index contributed by atoms with van der Waals surface area (Å²) >= 11 is 3.32. The molecule has 0 aromatic heterocycles. The van der Waals surface area contributed by atoms with Crippen molar-refractivity contribution in [3.05, 3.63) is 0 Å². The molecule has 0 bridgehead atoms. The van der Waals surface area contributed by atoms with E-state index in [0.717, 1.165) is 11.9 Å². The van der Waals surface area contributed by atoms with Gasteiger partial charge in [0.05, 0.1) is 19.8 Å². The van der Waals surface area contributed by atoms with Crippen LogP contribution in [0, 0.1) is 0 Å². The van der Waals surface area contributed by atoms with Crippen molar-refractivity contribution in [3.63, 3.8) is 0 Å². The number of alkyl halides is 1. The van der Waals surface area contributed by atoms with E-state index in [4.69, 9.17) is 9.47 Å². The molecular weight excluding hydrogens is 250 g/mol. The van der Waals surface area contributed by atoms with Gasteiger partial charge in [-0.2, -0.15) is 0 Å². The fraction of sp³-hybridized carbons (Fsp3) is 0.889. The molecule has 5 heteroatoms. The Morgan fingerprint density at radius 3 is 2.86 bits per heavy atom. The summed E-state index contributed by atoms with van der Waals surface area (Å²) in [6.07, 6.45) is -0.400. The third kappa shape index (κ3) is 3.22. The van der Waals surface area contributed by atoms with Gasteiger partial charge < -0.3 is 14.4 Å². The van der Waals surface area contributed by atoms with Gasteiger partial charge in [-0.15, -0.1) is 0 Å². The molecule has 0 radical (unpaired) electrons. The van der Waals surface area contributed by atoms with E-state index in [2.05, 4.69) is 15.9 Å². The Labute approximate surface area is 92.7 Å². The van der Waals surface area contributed by atoms with E-state index < -0.39 is 6.10 Å². The second-order valence-electron chi connectivity index (χ2n) is 3.04. The van der Waals surface area contributed by atoms with Crippen molar-refractivity contribution < 1.29 is 14.3 Å². The van der Waals surface area contributed by atoms with Gasteiger partial charge in [-0.1, -0.05) is 15.9 Å². The molecule has 1 aliphatic heterocycles. The predicted octanol–water partition coefficient (Wildman–Crippen LogP) is 0.645. The van der Waals surface area contributed by atoms with Crippen molar-refractivity contribution in [1.29, 1.82) is 0 Å². The van der Waals surface area contributed by atoms with Crippen LogP contribution in [-0.2, 0) is 14.3 Å². The average Bonchev–Trinajstić information content (AvgIpc) is 2.26. The fourth-order valence-corrected chi connectivity index (χ4v) is 1.79. The smallest absolute Gasteiger partial charge is 0.254 e. The van der Waals surface area contributed by atoms with Crippen LogP contribution < -0.4 is 0 Å². The Bertz CT molecular complexity index is 176. The zero-order chi connectivity index (χ0) is 10.4. The van der Waals surface area contributed by atoms with E-state index in [9.17, 15) is 4.79 Å². The third-order valence-electron chi connectivity index (χ3n) is 2.14. The van der Waals surface area contributed by atoms with Gasteiger partial charge in [0, 0.05) is 18.4 Å². The lowest BCUT2D eigenvalue weighted by molar-refractivity contribution is -0.157. The summed E-state index contributed by atoms with van der Waals surface area (Å²) in [6.45, 7) is 4.89. The summed E-state index contributed by atoms with van der Waals surface area (Å²) < 4.78 is 10.5. The molecule has 4 nitrogen and oxygen atoms in total. The van der Waals surface area contributed by atoms with E-state index in [1.165, 1.54) is 0 Å². The van der Waals surface area contributed by atoms with Crippen LogP contribution in [0.1, 0.15) is 6.92 Å². The molecule has 1 rings (SSSR count). The highest BCUT2D eigenvalue weighted by molar-refractivity contribution is 9.09. The van der Waals surface area contributed by atoms with E-state index in [-0.39, 0.29) is 5.91 Å². The molecule has 0 aromatic rings. The van der Waals surface area contributed by atoms with Crippen LogP contribution in [0.25, 0.3) is 0 Å². The topological polar surface area (TPSA) is 38.8 Å². The van der Waals surface area contributed by atoms with Gasteiger partial charge in [0.25, 0.3) is 5.91 Å². The van der Waals surface area contributed by atoms with Crippen LogP contribution in [0.15, 0.2) is 0 Å². The van der Waals surface area contributed by atoms with Gasteiger partial charge in [0.15, 0.2) is 6.10 Å². The van der Waals surface area contributed by atoms with Crippen molar-refractivity contribution in [2.75, 3.05) is 38.2 Å². The summed E-state index contributed by atoms with van der Waals surface area (Å²) in [5.41, 5.74) is 0. The van der Waals surface area contributed by atoms with Crippen LogP contribution in [0.2, 0.25) is 0 Å². The van der Waals surface area contributed by atoms with Gasteiger partial charge >= 0.3 is 0 Å². The zero-order valence-electron chi connectivity index (χ0n) is 8.37. The highest BCUT2D eigenvalue weighted by Crippen LogP contribution is 2.05. The lowest BCUT2D eigenvalue weighted by Gasteiger charge is -2.28. The second-order valence-corrected chi connectivity index (χ2v) is 3.83. The van der Waals surface area contributed by atoms with E-state index in [1.54, 1.807) is 4.90 Å². The number of carbonyl (C=O) groups is 1. The first kappa shape index (κ1) is 11.9. The van der Waals surface area contributed by atoms with Gasteiger partial charge in [-0.05, 0) is 6.92 Å². The molecule has 1 saturated heterocycles. The van der Waals surface area contributed by atoms with Gasteiger partial charge in [0.1, 0.15) is 0 Å². The third-order valence-corrected chi connectivity index (χ3v) is 2.49. The number of amides is 1. The number of nitrogens with zero attached hydrogens (tertiary/aromatic N) is 1. The van der Waals surface area contributed by atoms with Crippen molar-refractivity contribution >= 4 is 21.8 Å². The Kier molecular flexibility index (Phi) is 5.44. The van der Waals surface area contributed by atoms with Crippen molar-refractivity contribution in [2.45, 2.75) is 13.0 Å². The van der Waals surface area contributed by atoms with Crippen LogP contribution in [-0.4, -0.2) is 55.2 Å². The minimum atomic E-state index is -0.400. The Morgan fingerprint density at radius 2 is 2.36 bits per heavy atom. The first-order valence-electron chi connectivity index (χ1n) is 4.83. The van der Waals surface area contributed by atoms with Crippen LogP contribution in [0.4, 0.5) is 0 Å². The maximum atomic E-state index is 11.8. The van der Waals surface area contributed by atoms with E-state index >= 15 is 0 Å². The molecule has 0 aliphatic carbocycles. The molecule has 1 aliphatic rings. The molecule has 14 heavy (non-hydrogen) atoms. The van der Waals surface area contributed by atoms with E-state index in [0.29, 0.717) is 26.4 Å². The van der Waals surface area contributed by atoms with Gasteiger partial charge in [0.2, 0.25) is 0 Å². The number of likely N-dealkylation sites (N-methyl/N-ethyl adjacent to an activating group) is 1. The van der Waals surface area contributed by atoms with Gasteiger partial charge in [-0.3, -0.25) is 4.79 Å². The molecule has 1 fully saturated rings. The summed E-state index contributed by atoms with van der Waals surface area (Å²) in [5.74, 6) is 0.0339. The van der Waals surface area contributed by atoms with Gasteiger partial charge in [-0.25, -0.2) is 0 Å². The summed E-state index contributed by atoms with van der Waals surface area (Å²) in [4.78, 5) is 13.6. The highest BCUT2D eigenvalue weighted by Gasteiger charge is 2.26. The van der Waals surface area contributed by atoms with Crippen LogP contribution >= 0.6 is 15.9 Å². The molecule has 1 amide bonds. The Balaban J connectivity index is 2.43. The highest BCUT2D eigenvalue weighted by atomic mass is 79.9. The normalized spacial score (nSPS) is 22.0. The maximum Gasteiger partial charge on any atom is 0.254 e. The summed E-state index contributed by atoms with van der Waals surface area (Å²) in [7, 11) is 0. The molecule has 1 heterocycles. The van der Waals surface area contributed by atoms with Crippen LogP contribution in [0.5, 0.6) is 0 Å². The number of rotatable bonds is 4. The monoisotopic (exact) mass is 265 g/mol. The maximum absolute atomic E-state index is 11.8. The lowest BCUT2D eigenvalue weighted by Crippen LogP contribution is -2.45. The number of halogens is 1. The first-order valence-corrected chi connectivity index (χ1v) is 5.95. The minimum absolute atomic E-state index is 0.0339. The quantitative estimate of drug-likeness (QED) is 0.701. The lowest BCUT2D eigenvalue weighted by atomic mass is 10.3. The Morgan fingerprint density at radius 1 is 1.57 bits per heavy atom. The number of hydrogen-bond donors (Lipinski definition) is 0.